The molecule has 4 nitrogen and oxygen atoms in total. The lowest BCUT2D eigenvalue weighted by molar-refractivity contribution is 0.453. The van der Waals surface area contributed by atoms with E-state index in [1.165, 1.54) is 12.1 Å². The first-order valence-corrected chi connectivity index (χ1v) is 5.07. The molecule has 0 unspecified atom stereocenters. The quantitative estimate of drug-likeness (QED) is 0.690. The Morgan fingerprint density at radius 1 is 1.38 bits per heavy atom. The second-order valence-corrected chi connectivity index (χ2v) is 3.75. The molecular formula is C12H9NO3. The van der Waals surface area contributed by atoms with Crippen molar-refractivity contribution in [2.45, 2.75) is 12.8 Å². The minimum Gasteiger partial charge on any atom is -0.510 e. The SMILES string of the molecule is O=c1ccc2nc3c(oc-2c1)=CCCC=3O. The van der Waals surface area contributed by atoms with Gasteiger partial charge in [-0.1, -0.05) is 0 Å². The molecule has 0 aromatic heterocycles. The summed E-state index contributed by atoms with van der Waals surface area (Å²) in [6, 6.07) is 4.44. The van der Waals surface area contributed by atoms with E-state index < -0.39 is 0 Å². The molecule has 0 radical (unpaired) electrons. The van der Waals surface area contributed by atoms with E-state index in [0.29, 0.717) is 28.6 Å². The number of aliphatic hydroxyl groups excluding tert-OH is 1. The second kappa shape index (κ2) is 3.20. The Hall–Kier alpha value is -2.10. The molecule has 0 bridgehead atoms. The van der Waals surface area contributed by atoms with E-state index in [4.69, 9.17) is 4.42 Å². The van der Waals surface area contributed by atoms with Crippen molar-refractivity contribution in [3.05, 3.63) is 39.2 Å². The van der Waals surface area contributed by atoms with E-state index in [1.54, 1.807) is 6.07 Å². The summed E-state index contributed by atoms with van der Waals surface area (Å²) in [5, 5.41) is 10.2. The summed E-state index contributed by atoms with van der Waals surface area (Å²) >= 11 is 0. The van der Waals surface area contributed by atoms with Crippen LogP contribution in [-0.2, 0) is 0 Å². The van der Waals surface area contributed by atoms with Gasteiger partial charge in [0, 0.05) is 12.5 Å². The molecule has 0 aromatic carbocycles. The molecule has 0 aromatic rings. The molecule has 1 N–H and O–H groups in total. The number of aromatic nitrogens is 1. The molecule has 80 valence electrons. The van der Waals surface area contributed by atoms with Crippen molar-refractivity contribution < 1.29 is 9.52 Å². The average molecular weight is 215 g/mol. The maximum absolute atomic E-state index is 11.2. The molecule has 3 aliphatic rings. The van der Waals surface area contributed by atoms with Crippen LogP contribution in [-0.4, -0.2) is 10.1 Å². The second-order valence-electron chi connectivity index (χ2n) is 3.75. The third-order valence-corrected chi connectivity index (χ3v) is 2.60. The van der Waals surface area contributed by atoms with Gasteiger partial charge in [-0.15, -0.1) is 0 Å². The van der Waals surface area contributed by atoms with Crippen LogP contribution in [0.15, 0.2) is 27.4 Å². The number of aliphatic hydroxyl groups is 1. The highest BCUT2D eigenvalue weighted by molar-refractivity contribution is 5.54. The van der Waals surface area contributed by atoms with Crippen molar-refractivity contribution in [1.82, 2.24) is 4.98 Å². The first-order chi connectivity index (χ1) is 7.74. The number of hydrogen-bond donors (Lipinski definition) is 1. The third kappa shape index (κ3) is 1.31. The molecule has 3 rings (SSSR count). The number of nitrogens with zero attached hydrogens (tertiary/aromatic N) is 1. The monoisotopic (exact) mass is 215 g/mol. The highest BCUT2D eigenvalue weighted by Crippen LogP contribution is 2.13. The maximum atomic E-state index is 11.2. The van der Waals surface area contributed by atoms with Gasteiger partial charge in [-0.25, -0.2) is 4.98 Å². The molecule has 0 amide bonds. The minimum atomic E-state index is -0.109. The summed E-state index contributed by atoms with van der Waals surface area (Å²) in [5.41, 5.74) is 1.02. The van der Waals surface area contributed by atoms with Crippen molar-refractivity contribution in [2.24, 2.45) is 0 Å². The number of fused-ring (bicyclic) bond motifs is 2. The van der Waals surface area contributed by atoms with Gasteiger partial charge in [-0.05, 0) is 24.6 Å². The highest BCUT2D eigenvalue weighted by Gasteiger charge is 2.11. The van der Waals surface area contributed by atoms with Gasteiger partial charge in [-0.3, -0.25) is 4.79 Å². The predicted octanol–water partition coefficient (Wildman–Crippen LogP) is 0.380. The smallest absolute Gasteiger partial charge is 0.182 e. The molecule has 2 aliphatic carbocycles. The summed E-state index contributed by atoms with van der Waals surface area (Å²) in [5.74, 6) is 0.701. The molecule has 0 saturated carbocycles. The van der Waals surface area contributed by atoms with E-state index in [1.807, 2.05) is 6.08 Å². The van der Waals surface area contributed by atoms with Crippen LogP contribution >= 0.6 is 0 Å². The predicted molar refractivity (Wildman–Crippen MR) is 58.4 cm³/mol. The van der Waals surface area contributed by atoms with Crippen LogP contribution in [0.1, 0.15) is 12.8 Å². The van der Waals surface area contributed by atoms with E-state index in [9.17, 15) is 9.90 Å². The summed E-state index contributed by atoms with van der Waals surface area (Å²) < 4.78 is 5.54. The van der Waals surface area contributed by atoms with Crippen LogP contribution in [0.2, 0.25) is 0 Å². The van der Waals surface area contributed by atoms with Gasteiger partial charge in [0.2, 0.25) is 0 Å². The minimum absolute atomic E-state index is 0.109. The van der Waals surface area contributed by atoms with Gasteiger partial charge < -0.3 is 9.52 Å². The number of rotatable bonds is 0. The van der Waals surface area contributed by atoms with Gasteiger partial charge in [0.15, 0.2) is 16.6 Å². The Balaban J connectivity index is 2.51. The van der Waals surface area contributed by atoms with Gasteiger partial charge in [0.05, 0.1) is 0 Å². The topological polar surface area (TPSA) is 63.3 Å². The highest BCUT2D eigenvalue weighted by atomic mass is 16.3. The molecule has 1 heterocycles. The summed E-state index contributed by atoms with van der Waals surface area (Å²) in [6.07, 6.45) is 3.19. The molecule has 0 fully saturated rings. The van der Waals surface area contributed by atoms with Gasteiger partial charge in [-0.2, -0.15) is 0 Å². The fraction of sp³-hybridized carbons (Fsp3) is 0.167. The van der Waals surface area contributed by atoms with Crippen molar-refractivity contribution in [3.8, 4) is 11.5 Å². The molecule has 16 heavy (non-hydrogen) atoms. The average Bonchev–Trinajstić information content (AvgIpc) is 2.27. The van der Waals surface area contributed by atoms with Crippen LogP contribution in [0.3, 0.4) is 0 Å². The molecule has 0 saturated heterocycles. The van der Waals surface area contributed by atoms with Crippen molar-refractivity contribution in [2.75, 3.05) is 0 Å². The van der Waals surface area contributed by atoms with Crippen LogP contribution in [0.4, 0.5) is 0 Å². The Morgan fingerprint density at radius 3 is 3.12 bits per heavy atom. The fourth-order valence-electron chi connectivity index (χ4n) is 1.81. The van der Waals surface area contributed by atoms with Crippen molar-refractivity contribution >= 4 is 11.8 Å². The Labute approximate surface area is 90.5 Å². The standard InChI is InChI=1S/C12H9NO3/c14-7-4-5-8-11(6-7)16-10-3-1-2-9(15)12(10)13-8/h3-6,15H,1-2H2. The van der Waals surface area contributed by atoms with Crippen LogP contribution in [0.5, 0.6) is 0 Å². The summed E-state index contributed by atoms with van der Waals surface area (Å²) in [6.45, 7) is 0. The van der Waals surface area contributed by atoms with Crippen LogP contribution < -0.4 is 16.2 Å². The largest absolute Gasteiger partial charge is 0.510 e. The van der Waals surface area contributed by atoms with E-state index in [0.717, 1.165) is 6.42 Å². The van der Waals surface area contributed by atoms with Crippen molar-refractivity contribution in [3.63, 3.8) is 0 Å². The normalized spacial score (nSPS) is 14.6. The molecule has 0 atom stereocenters. The van der Waals surface area contributed by atoms with E-state index >= 15 is 0 Å². The Bertz CT molecular complexity index is 699. The number of benzene rings is 1. The lowest BCUT2D eigenvalue weighted by Crippen LogP contribution is -2.34. The fourth-order valence-corrected chi connectivity index (χ4v) is 1.81. The van der Waals surface area contributed by atoms with Crippen molar-refractivity contribution in [1.29, 1.82) is 0 Å². The number of hydrogen-bond acceptors (Lipinski definition) is 4. The third-order valence-electron chi connectivity index (χ3n) is 2.60. The van der Waals surface area contributed by atoms with E-state index in [-0.39, 0.29) is 11.2 Å². The summed E-state index contributed by atoms with van der Waals surface area (Å²) in [7, 11) is 0. The summed E-state index contributed by atoms with van der Waals surface area (Å²) in [4.78, 5) is 15.5. The first-order valence-electron chi connectivity index (χ1n) is 5.07. The maximum Gasteiger partial charge on any atom is 0.182 e. The van der Waals surface area contributed by atoms with Crippen LogP contribution in [0, 0.1) is 0 Å². The molecule has 0 spiro atoms. The van der Waals surface area contributed by atoms with Gasteiger partial charge in [0.1, 0.15) is 16.8 Å². The Morgan fingerprint density at radius 2 is 2.25 bits per heavy atom. The lowest BCUT2D eigenvalue weighted by Gasteiger charge is -2.07. The van der Waals surface area contributed by atoms with E-state index in [2.05, 4.69) is 4.98 Å². The Kier molecular flexibility index (Phi) is 1.83. The lowest BCUT2D eigenvalue weighted by atomic mass is 10.1. The zero-order valence-electron chi connectivity index (χ0n) is 8.43. The van der Waals surface area contributed by atoms with Crippen LogP contribution in [0.25, 0.3) is 23.3 Å². The van der Waals surface area contributed by atoms with Gasteiger partial charge in [0.25, 0.3) is 0 Å². The first kappa shape index (κ1) is 9.15. The zero-order valence-corrected chi connectivity index (χ0v) is 8.43. The molecule has 1 aliphatic heterocycles. The van der Waals surface area contributed by atoms with Gasteiger partial charge >= 0.3 is 0 Å². The zero-order chi connectivity index (χ0) is 11.1. The molecular weight excluding hydrogens is 206 g/mol. The molecule has 4 heteroatoms.